The molecule has 1 N–H and O–H groups in total. The average Bonchev–Trinajstić information content (AvgIpc) is 2.38. The molecule has 1 spiro atoms. The molecule has 22 heavy (non-hydrogen) atoms. The normalized spacial score (nSPS) is 21.6. The van der Waals surface area contributed by atoms with E-state index in [1.807, 2.05) is 6.07 Å². The number of nitrogens with one attached hydrogen (secondary N) is 1. The molecule has 2 fully saturated rings. The van der Waals surface area contributed by atoms with Gasteiger partial charge in [-0.05, 0) is 36.7 Å². The summed E-state index contributed by atoms with van der Waals surface area (Å²) in [5.74, 6) is 0. The lowest BCUT2D eigenvalue weighted by molar-refractivity contribution is -0.256. The van der Waals surface area contributed by atoms with Gasteiger partial charge >= 0.3 is 12.3 Å². The molecule has 0 bridgehead atoms. The van der Waals surface area contributed by atoms with E-state index in [0.29, 0.717) is 0 Å². The summed E-state index contributed by atoms with van der Waals surface area (Å²) in [7, 11) is 0. The molecule has 0 aliphatic heterocycles. The highest BCUT2D eigenvalue weighted by Crippen LogP contribution is 2.64. The lowest BCUT2D eigenvalue weighted by Crippen LogP contribution is -2.70. The first kappa shape index (κ1) is 15.2. The lowest BCUT2D eigenvalue weighted by atomic mass is 9.48. The zero-order chi connectivity index (χ0) is 15.8. The van der Waals surface area contributed by atoms with Gasteiger partial charge in [0.2, 0.25) is 0 Å². The number of carbonyl (C=O) groups excluding carboxylic acids is 1. The highest BCUT2D eigenvalue weighted by Gasteiger charge is 2.69. The van der Waals surface area contributed by atoms with Gasteiger partial charge in [0, 0.05) is 0 Å². The largest absolute Gasteiger partial charge is 0.445 e. The second-order valence-corrected chi connectivity index (χ2v) is 6.47. The van der Waals surface area contributed by atoms with Crippen LogP contribution in [-0.4, -0.2) is 17.8 Å². The van der Waals surface area contributed by atoms with Gasteiger partial charge in [0.1, 0.15) is 12.1 Å². The number of hydrogen-bond acceptors (Lipinski definition) is 2. The molecule has 0 heterocycles. The summed E-state index contributed by atoms with van der Waals surface area (Å²) < 4.78 is 44.9. The number of amides is 1. The lowest BCUT2D eigenvalue weighted by Gasteiger charge is -2.60. The van der Waals surface area contributed by atoms with Gasteiger partial charge in [-0.1, -0.05) is 36.8 Å². The van der Waals surface area contributed by atoms with Gasteiger partial charge in [0.15, 0.2) is 0 Å². The Morgan fingerprint density at radius 2 is 1.82 bits per heavy atom. The predicted octanol–water partition coefficient (Wildman–Crippen LogP) is 4.18. The third-order valence-electron chi connectivity index (χ3n) is 4.86. The molecule has 2 aliphatic carbocycles. The quantitative estimate of drug-likeness (QED) is 0.909. The summed E-state index contributed by atoms with van der Waals surface area (Å²) in [5.41, 5.74) is -1.58. The van der Waals surface area contributed by atoms with Crippen LogP contribution in [0.2, 0.25) is 0 Å². The Kier molecular flexibility index (Phi) is 3.57. The fourth-order valence-electron chi connectivity index (χ4n) is 3.57. The molecule has 2 saturated carbocycles. The average molecular weight is 313 g/mol. The van der Waals surface area contributed by atoms with Crippen LogP contribution in [0.25, 0.3) is 0 Å². The molecule has 1 amide bonds. The predicted molar refractivity (Wildman–Crippen MR) is 74.1 cm³/mol. The van der Waals surface area contributed by atoms with Gasteiger partial charge in [0.05, 0.1) is 0 Å². The summed E-state index contributed by atoms with van der Waals surface area (Å²) in [6.45, 7) is -0.0360. The Bertz CT molecular complexity index is 544. The van der Waals surface area contributed by atoms with Crippen molar-refractivity contribution in [2.24, 2.45) is 5.41 Å². The zero-order valence-electron chi connectivity index (χ0n) is 12.1. The summed E-state index contributed by atoms with van der Waals surface area (Å²) in [4.78, 5) is 11.8. The Balaban J connectivity index is 1.58. The smallest absolute Gasteiger partial charge is 0.411 e. The Morgan fingerprint density at radius 1 is 1.18 bits per heavy atom. The Hall–Kier alpha value is -1.72. The first-order valence-corrected chi connectivity index (χ1v) is 7.40. The first-order chi connectivity index (χ1) is 10.3. The number of halogens is 3. The third-order valence-corrected chi connectivity index (χ3v) is 4.86. The molecule has 1 aromatic rings. The summed E-state index contributed by atoms with van der Waals surface area (Å²) >= 11 is 0. The number of hydrogen-bond donors (Lipinski definition) is 1. The fraction of sp³-hybridized carbons (Fsp3) is 0.562. The minimum Gasteiger partial charge on any atom is -0.445 e. The number of alkyl carbamates (subject to hydrolysis) is 1. The molecule has 3 nitrogen and oxygen atoms in total. The molecule has 6 heteroatoms. The minimum atomic E-state index is -4.44. The highest BCUT2D eigenvalue weighted by molar-refractivity contribution is 5.69. The van der Waals surface area contributed by atoms with E-state index in [1.54, 1.807) is 24.3 Å². The summed E-state index contributed by atoms with van der Waals surface area (Å²) in [6.07, 6.45) is -2.87. The van der Waals surface area contributed by atoms with Crippen LogP contribution in [0.5, 0.6) is 0 Å². The SMILES string of the molecule is O=C(NC1(C(F)(F)F)CC2(CCC2)C1)OCc1ccccc1. The fourth-order valence-corrected chi connectivity index (χ4v) is 3.57. The molecule has 0 aromatic heterocycles. The van der Waals surface area contributed by atoms with Crippen molar-refractivity contribution < 1.29 is 22.7 Å². The monoisotopic (exact) mass is 313 g/mol. The van der Waals surface area contributed by atoms with E-state index >= 15 is 0 Å². The van der Waals surface area contributed by atoms with E-state index in [-0.39, 0.29) is 24.9 Å². The maximum atomic E-state index is 13.3. The van der Waals surface area contributed by atoms with E-state index in [0.717, 1.165) is 24.8 Å². The van der Waals surface area contributed by atoms with Crippen LogP contribution in [0.3, 0.4) is 0 Å². The van der Waals surface area contributed by atoms with Crippen LogP contribution >= 0.6 is 0 Å². The molecule has 120 valence electrons. The topological polar surface area (TPSA) is 38.3 Å². The number of carbonyl (C=O) groups is 1. The molecule has 3 rings (SSSR count). The van der Waals surface area contributed by atoms with Crippen LogP contribution in [0.4, 0.5) is 18.0 Å². The number of benzene rings is 1. The van der Waals surface area contributed by atoms with Crippen molar-refractivity contribution in [3.05, 3.63) is 35.9 Å². The van der Waals surface area contributed by atoms with Crippen molar-refractivity contribution >= 4 is 6.09 Å². The van der Waals surface area contributed by atoms with Crippen molar-refractivity contribution in [3.63, 3.8) is 0 Å². The van der Waals surface area contributed by atoms with Crippen molar-refractivity contribution in [1.82, 2.24) is 5.32 Å². The van der Waals surface area contributed by atoms with Crippen LogP contribution in [0.15, 0.2) is 30.3 Å². The molecule has 0 atom stereocenters. The number of alkyl halides is 3. The molecule has 0 radical (unpaired) electrons. The van der Waals surface area contributed by atoms with Gasteiger partial charge in [-0.15, -0.1) is 0 Å². The van der Waals surface area contributed by atoms with Crippen molar-refractivity contribution in [2.45, 2.75) is 50.4 Å². The van der Waals surface area contributed by atoms with Crippen LogP contribution in [0, 0.1) is 5.41 Å². The molecule has 2 aliphatic rings. The van der Waals surface area contributed by atoms with Crippen molar-refractivity contribution in [3.8, 4) is 0 Å². The maximum Gasteiger partial charge on any atom is 0.411 e. The minimum absolute atomic E-state index is 0.0239. The Labute approximate surface area is 126 Å². The van der Waals surface area contributed by atoms with Crippen molar-refractivity contribution in [1.29, 1.82) is 0 Å². The Morgan fingerprint density at radius 3 is 2.32 bits per heavy atom. The molecule has 0 saturated heterocycles. The van der Waals surface area contributed by atoms with E-state index in [1.165, 1.54) is 0 Å². The van der Waals surface area contributed by atoms with Gasteiger partial charge in [-0.2, -0.15) is 13.2 Å². The first-order valence-electron chi connectivity index (χ1n) is 7.40. The molecular weight excluding hydrogens is 295 g/mol. The van der Waals surface area contributed by atoms with E-state index in [4.69, 9.17) is 4.74 Å². The molecule has 1 aromatic carbocycles. The number of ether oxygens (including phenoxy) is 1. The second kappa shape index (κ2) is 5.18. The van der Waals surface area contributed by atoms with Crippen LogP contribution < -0.4 is 5.32 Å². The van der Waals surface area contributed by atoms with Crippen molar-refractivity contribution in [2.75, 3.05) is 0 Å². The standard InChI is InChI=1S/C16H18F3NO2/c17-16(18,19)15(10-14(11-15)7-4-8-14)20-13(21)22-9-12-5-2-1-3-6-12/h1-3,5-6H,4,7-11H2,(H,20,21). The third kappa shape index (κ3) is 2.66. The maximum absolute atomic E-state index is 13.3. The van der Waals surface area contributed by atoms with Crippen LogP contribution in [-0.2, 0) is 11.3 Å². The molecular formula is C16H18F3NO2. The van der Waals surface area contributed by atoms with Gasteiger partial charge in [-0.3, -0.25) is 0 Å². The van der Waals surface area contributed by atoms with Gasteiger partial charge in [0.25, 0.3) is 0 Å². The summed E-state index contributed by atoms with van der Waals surface area (Å²) in [6, 6.07) is 8.87. The second-order valence-electron chi connectivity index (χ2n) is 6.47. The van der Waals surface area contributed by atoms with Crippen LogP contribution in [0.1, 0.15) is 37.7 Å². The van der Waals surface area contributed by atoms with Gasteiger partial charge in [-0.25, -0.2) is 4.79 Å². The highest BCUT2D eigenvalue weighted by atomic mass is 19.4. The van der Waals surface area contributed by atoms with E-state index < -0.39 is 17.8 Å². The summed E-state index contributed by atoms with van der Waals surface area (Å²) in [5, 5.41) is 2.08. The van der Waals surface area contributed by atoms with E-state index in [2.05, 4.69) is 5.32 Å². The molecule has 0 unspecified atom stereocenters. The van der Waals surface area contributed by atoms with E-state index in [9.17, 15) is 18.0 Å². The zero-order valence-corrected chi connectivity index (χ0v) is 12.1. The number of rotatable bonds is 3. The van der Waals surface area contributed by atoms with Gasteiger partial charge < -0.3 is 10.1 Å².